The first-order valence-corrected chi connectivity index (χ1v) is 18.3. The van der Waals surface area contributed by atoms with E-state index in [9.17, 15) is 0 Å². The molecule has 0 amide bonds. The van der Waals surface area contributed by atoms with E-state index < -0.39 is 0 Å². The summed E-state index contributed by atoms with van der Waals surface area (Å²) >= 11 is 0. The van der Waals surface area contributed by atoms with Gasteiger partial charge in [0.2, 0.25) is 5.89 Å². The van der Waals surface area contributed by atoms with Crippen LogP contribution in [0.1, 0.15) is 0 Å². The van der Waals surface area contributed by atoms with Crippen LogP contribution in [-0.2, 0) is 0 Å². The summed E-state index contributed by atoms with van der Waals surface area (Å²) < 4.78 is 19.2. The van der Waals surface area contributed by atoms with Crippen LogP contribution >= 0.6 is 0 Å². The molecule has 0 aliphatic rings. The molecule has 0 radical (unpaired) electrons. The Hall–Kier alpha value is -7.57. The molecule has 0 aliphatic carbocycles. The Bertz CT molecular complexity index is 3500. The maximum atomic E-state index is 6.51. The molecule has 8 aromatic carbocycles. The van der Waals surface area contributed by atoms with Crippen LogP contribution in [0.4, 0.5) is 0 Å². The van der Waals surface area contributed by atoms with E-state index >= 15 is 0 Å². The summed E-state index contributed by atoms with van der Waals surface area (Å²) in [6.07, 6.45) is 0. The van der Waals surface area contributed by atoms with Crippen molar-refractivity contribution in [3.05, 3.63) is 164 Å². The summed E-state index contributed by atoms with van der Waals surface area (Å²) in [4.78, 5) is 15.5. The molecule has 6 nitrogen and oxygen atoms in total. The fraction of sp³-hybridized carbons (Fsp3) is 0. The normalized spacial score (nSPS) is 12.0. The van der Waals surface area contributed by atoms with Crippen LogP contribution in [0, 0.1) is 0 Å². The van der Waals surface area contributed by atoms with Crippen LogP contribution in [0.3, 0.4) is 0 Å². The molecular weight excluding hydrogens is 679 g/mol. The summed E-state index contributed by atoms with van der Waals surface area (Å²) in [7, 11) is 0. The molecule has 12 aromatic rings. The molecular formula is C49H27N3O3. The maximum absolute atomic E-state index is 6.51. The minimum atomic E-state index is 0.575. The number of aromatic nitrogens is 3. The van der Waals surface area contributed by atoms with Crippen LogP contribution < -0.4 is 0 Å². The molecule has 0 unspecified atom stereocenters. The molecule has 55 heavy (non-hydrogen) atoms. The largest absolute Gasteiger partial charge is 0.456 e. The molecule has 6 heteroatoms. The summed E-state index contributed by atoms with van der Waals surface area (Å²) in [6, 6.07) is 55.7. The first-order chi connectivity index (χ1) is 27.2. The lowest BCUT2D eigenvalue weighted by atomic mass is 9.97. The average molecular weight is 706 g/mol. The number of para-hydroxylation sites is 1. The highest BCUT2D eigenvalue weighted by Gasteiger charge is 2.21. The van der Waals surface area contributed by atoms with Gasteiger partial charge in [0, 0.05) is 38.4 Å². The van der Waals surface area contributed by atoms with Gasteiger partial charge in [-0.2, -0.15) is 0 Å². The second-order valence-electron chi connectivity index (χ2n) is 13.9. The van der Waals surface area contributed by atoms with Crippen molar-refractivity contribution >= 4 is 76.5 Å². The van der Waals surface area contributed by atoms with E-state index in [2.05, 4.69) is 91.0 Å². The van der Waals surface area contributed by atoms with Crippen LogP contribution in [0.15, 0.2) is 177 Å². The van der Waals surface area contributed by atoms with Crippen molar-refractivity contribution in [3.8, 4) is 45.4 Å². The number of hydrogen-bond acceptors (Lipinski definition) is 6. The highest BCUT2D eigenvalue weighted by Crippen LogP contribution is 2.43. The number of hydrogen-bond donors (Lipinski definition) is 0. The van der Waals surface area contributed by atoms with Crippen LogP contribution in [0.25, 0.3) is 122 Å². The Morgan fingerprint density at radius 1 is 0.364 bits per heavy atom. The Morgan fingerprint density at radius 3 is 2.00 bits per heavy atom. The second-order valence-corrected chi connectivity index (χ2v) is 13.9. The lowest BCUT2D eigenvalue weighted by molar-refractivity contribution is 0.622. The molecule has 12 rings (SSSR count). The van der Waals surface area contributed by atoms with Crippen molar-refractivity contribution in [2.45, 2.75) is 0 Å². The van der Waals surface area contributed by atoms with Gasteiger partial charge in [-0.05, 0) is 88.3 Å². The monoisotopic (exact) mass is 705 g/mol. The summed E-state index contributed by atoms with van der Waals surface area (Å²) in [6.45, 7) is 0. The Balaban J connectivity index is 1.11. The number of oxazole rings is 1. The predicted octanol–water partition coefficient (Wildman–Crippen LogP) is 13.4. The van der Waals surface area contributed by atoms with Crippen molar-refractivity contribution in [1.29, 1.82) is 0 Å². The van der Waals surface area contributed by atoms with Crippen molar-refractivity contribution in [2.24, 2.45) is 0 Å². The standard InChI is InChI=1S/C49H27N3O3/c1-2-11-29(12-3-1)49-52-38-22-25-44-46(47(38)55-49)45-35-17-9-18-36(32(35)21-24-43(45)54-44)48-50-39(27-40(51-48)33-16-8-13-28-10-4-5-14-31(28)33)30-20-23-42-37(26-30)34-15-6-7-19-41(34)53-42/h1-27H. The molecule has 0 aliphatic heterocycles. The molecule has 0 saturated carbocycles. The fourth-order valence-electron chi connectivity index (χ4n) is 8.18. The van der Waals surface area contributed by atoms with Crippen LogP contribution in [0.5, 0.6) is 0 Å². The van der Waals surface area contributed by atoms with Gasteiger partial charge in [0.05, 0.1) is 16.8 Å². The molecule has 0 fully saturated rings. The molecule has 0 spiro atoms. The van der Waals surface area contributed by atoms with E-state index in [-0.39, 0.29) is 0 Å². The lowest BCUT2D eigenvalue weighted by Crippen LogP contribution is -1.97. The number of benzene rings is 8. The quantitative estimate of drug-likeness (QED) is 0.181. The molecule has 0 N–H and O–H groups in total. The Kier molecular flexibility index (Phi) is 6.24. The van der Waals surface area contributed by atoms with Crippen molar-refractivity contribution in [1.82, 2.24) is 15.0 Å². The Morgan fingerprint density at radius 2 is 1.05 bits per heavy atom. The van der Waals surface area contributed by atoms with Gasteiger partial charge in [0.15, 0.2) is 11.4 Å². The topological polar surface area (TPSA) is 78.1 Å². The third kappa shape index (κ3) is 4.58. The molecule has 256 valence electrons. The van der Waals surface area contributed by atoms with E-state index in [4.69, 9.17) is 28.2 Å². The average Bonchev–Trinajstić information content (AvgIpc) is 3.96. The Labute approximate surface area is 312 Å². The van der Waals surface area contributed by atoms with Gasteiger partial charge in [0.25, 0.3) is 0 Å². The minimum absolute atomic E-state index is 0.575. The number of rotatable bonds is 4. The van der Waals surface area contributed by atoms with E-state index in [1.807, 2.05) is 72.8 Å². The van der Waals surface area contributed by atoms with E-state index in [1.54, 1.807) is 0 Å². The van der Waals surface area contributed by atoms with Crippen molar-refractivity contribution < 1.29 is 13.3 Å². The van der Waals surface area contributed by atoms with Crippen LogP contribution in [-0.4, -0.2) is 15.0 Å². The SMILES string of the molecule is c1ccc(-c2nc3ccc4oc5ccc6c(-c7nc(-c8ccc9oc%10ccccc%10c9c8)cc(-c8cccc9ccccc89)n7)cccc6c5c4c3o2)cc1. The summed E-state index contributed by atoms with van der Waals surface area (Å²) in [5.41, 5.74) is 10.2. The van der Waals surface area contributed by atoms with Gasteiger partial charge in [-0.15, -0.1) is 0 Å². The highest BCUT2D eigenvalue weighted by molar-refractivity contribution is 6.26. The summed E-state index contributed by atoms with van der Waals surface area (Å²) in [5.74, 6) is 1.21. The predicted molar refractivity (Wildman–Crippen MR) is 221 cm³/mol. The smallest absolute Gasteiger partial charge is 0.227 e. The third-order valence-corrected chi connectivity index (χ3v) is 10.7. The zero-order chi connectivity index (χ0) is 36.0. The maximum Gasteiger partial charge on any atom is 0.227 e. The van der Waals surface area contributed by atoms with E-state index in [0.717, 1.165) is 105 Å². The fourth-order valence-corrected chi connectivity index (χ4v) is 8.18. The van der Waals surface area contributed by atoms with Crippen molar-refractivity contribution in [3.63, 3.8) is 0 Å². The van der Waals surface area contributed by atoms with E-state index in [1.165, 1.54) is 0 Å². The van der Waals surface area contributed by atoms with E-state index in [0.29, 0.717) is 17.3 Å². The van der Waals surface area contributed by atoms with Gasteiger partial charge in [-0.3, -0.25) is 0 Å². The highest BCUT2D eigenvalue weighted by atomic mass is 16.4. The second kappa shape index (κ2) is 11.5. The number of furan rings is 2. The first kappa shape index (κ1) is 29.9. The minimum Gasteiger partial charge on any atom is -0.456 e. The third-order valence-electron chi connectivity index (χ3n) is 10.7. The zero-order valence-electron chi connectivity index (χ0n) is 29.2. The van der Waals surface area contributed by atoms with Crippen LogP contribution in [0.2, 0.25) is 0 Å². The zero-order valence-corrected chi connectivity index (χ0v) is 29.2. The van der Waals surface area contributed by atoms with Gasteiger partial charge in [-0.1, -0.05) is 97.1 Å². The van der Waals surface area contributed by atoms with Gasteiger partial charge in [-0.25, -0.2) is 15.0 Å². The number of nitrogens with zero attached hydrogens (tertiary/aromatic N) is 3. The summed E-state index contributed by atoms with van der Waals surface area (Å²) in [5, 5.41) is 8.31. The first-order valence-electron chi connectivity index (χ1n) is 18.3. The van der Waals surface area contributed by atoms with Gasteiger partial charge >= 0.3 is 0 Å². The van der Waals surface area contributed by atoms with Crippen molar-refractivity contribution in [2.75, 3.05) is 0 Å². The molecule has 0 saturated heterocycles. The van der Waals surface area contributed by atoms with Gasteiger partial charge < -0.3 is 13.3 Å². The van der Waals surface area contributed by atoms with Gasteiger partial charge in [0.1, 0.15) is 27.8 Å². The lowest BCUT2D eigenvalue weighted by Gasteiger charge is -2.13. The molecule has 4 aromatic heterocycles. The number of fused-ring (bicyclic) bond motifs is 11. The molecule has 0 bridgehead atoms. The molecule has 0 atom stereocenters. The molecule has 4 heterocycles.